The van der Waals surface area contributed by atoms with Crippen molar-refractivity contribution in [3.8, 4) is 22.9 Å². The van der Waals surface area contributed by atoms with E-state index in [1.807, 2.05) is 25.3 Å². The fourth-order valence-electron chi connectivity index (χ4n) is 2.67. The number of thiazole rings is 1. The van der Waals surface area contributed by atoms with Crippen LogP contribution in [0.3, 0.4) is 0 Å². The standard InChI is InChI=1S/C20H16N4O3S/c1-12-9-16(13(2)26-12)17-11-28-20(23-17)24-18(25)15-6-4-8-22-19(15)27-14-5-3-7-21-10-14/h3-11H,1-2H3,(H,23,24,25). The molecule has 0 aliphatic carbocycles. The van der Waals surface area contributed by atoms with Gasteiger partial charge in [-0.25, -0.2) is 9.97 Å². The highest BCUT2D eigenvalue weighted by molar-refractivity contribution is 7.14. The van der Waals surface area contributed by atoms with Crippen LogP contribution in [0.2, 0.25) is 0 Å². The van der Waals surface area contributed by atoms with Crippen molar-refractivity contribution >= 4 is 22.4 Å². The number of nitrogens with zero attached hydrogens (tertiary/aromatic N) is 3. The average molecular weight is 392 g/mol. The van der Waals surface area contributed by atoms with Crippen LogP contribution < -0.4 is 10.1 Å². The number of carbonyl (C=O) groups is 1. The maximum atomic E-state index is 12.7. The number of pyridine rings is 2. The summed E-state index contributed by atoms with van der Waals surface area (Å²) in [5.74, 6) is 1.95. The van der Waals surface area contributed by atoms with Crippen molar-refractivity contribution < 1.29 is 13.9 Å². The van der Waals surface area contributed by atoms with Crippen LogP contribution in [0.5, 0.6) is 11.6 Å². The van der Waals surface area contributed by atoms with Crippen molar-refractivity contribution in [1.29, 1.82) is 0 Å². The summed E-state index contributed by atoms with van der Waals surface area (Å²) in [4.78, 5) is 25.4. The van der Waals surface area contributed by atoms with E-state index in [-0.39, 0.29) is 11.8 Å². The first-order valence-electron chi connectivity index (χ1n) is 8.47. The number of anilines is 1. The van der Waals surface area contributed by atoms with Gasteiger partial charge in [-0.3, -0.25) is 15.1 Å². The predicted octanol–water partition coefficient (Wildman–Crippen LogP) is 4.85. The van der Waals surface area contributed by atoms with Crippen molar-refractivity contribution in [2.45, 2.75) is 13.8 Å². The van der Waals surface area contributed by atoms with Crippen molar-refractivity contribution in [3.05, 3.63) is 71.4 Å². The molecular weight excluding hydrogens is 376 g/mol. The Bertz CT molecular complexity index is 1120. The Morgan fingerprint density at radius 1 is 1.21 bits per heavy atom. The van der Waals surface area contributed by atoms with Gasteiger partial charge in [0.15, 0.2) is 5.13 Å². The molecule has 0 bridgehead atoms. The van der Waals surface area contributed by atoms with Crippen LogP contribution >= 0.6 is 11.3 Å². The Morgan fingerprint density at radius 2 is 2.07 bits per heavy atom. The van der Waals surface area contributed by atoms with Gasteiger partial charge in [0, 0.05) is 23.3 Å². The number of ether oxygens (including phenoxy) is 1. The molecule has 8 heteroatoms. The monoisotopic (exact) mass is 392 g/mol. The Hall–Kier alpha value is -3.52. The van der Waals surface area contributed by atoms with E-state index in [0.29, 0.717) is 16.4 Å². The summed E-state index contributed by atoms with van der Waals surface area (Å²) in [5, 5.41) is 5.16. The van der Waals surface area contributed by atoms with Gasteiger partial charge in [0.05, 0.1) is 11.9 Å². The summed E-state index contributed by atoms with van der Waals surface area (Å²) in [6.07, 6.45) is 4.76. The quantitative estimate of drug-likeness (QED) is 0.522. The molecule has 140 valence electrons. The molecule has 0 aliphatic heterocycles. The normalized spacial score (nSPS) is 10.6. The summed E-state index contributed by atoms with van der Waals surface area (Å²) in [7, 11) is 0. The van der Waals surface area contributed by atoms with Gasteiger partial charge in [0.25, 0.3) is 5.91 Å². The second-order valence-corrected chi connectivity index (χ2v) is 6.82. The molecule has 0 spiro atoms. The highest BCUT2D eigenvalue weighted by Gasteiger charge is 2.17. The molecule has 0 radical (unpaired) electrons. The number of amides is 1. The van der Waals surface area contributed by atoms with Crippen molar-refractivity contribution in [3.63, 3.8) is 0 Å². The van der Waals surface area contributed by atoms with E-state index in [9.17, 15) is 4.79 Å². The minimum atomic E-state index is -0.354. The smallest absolute Gasteiger partial charge is 0.262 e. The van der Waals surface area contributed by atoms with Crippen LogP contribution in [0.4, 0.5) is 5.13 Å². The van der Waals surface area contributed by atoms with Gasteiger partial charge in [-0.2, -0.15) is 0 Å². The van der Waals surface area contributed by atoms with Crippen molar-refractivity contribution in [1.82, 2.24) is 15.0 Å². The number of rotatable bonds is 5. The van der Waals surface area contributed by atoms with Gasteiger partial charge in [0.1, 0.15) is 22.8 Å². The molecular formula is C20H16N4O3S. The maximum Gasteiger partial charge on any atom is 0.262 e. The Morgan fingerprint density at radius 3 is 2.82 bits per heavy atom. The lowest BCUT2D eigenvalue weighted by molar-refractivity contribution is 0.102. The fraction of sp³-hybridized carbons (Fsp3) is 0.100. The second-order valence-electron chi connectivity index (χ2n) is 5.97. The van der Waals surface area contributed by atoms with Gasteiger partial charge in [-0.05, 0) is 44.2 Å². The van der Waals surface area contributed by atoms with Gasteiger partial charge in [-0.15, -0.1) is 11.3 Å². The van der Waals surface area contributed by atoms with E-state index in [1.54, 1.807) is 42.9 Å². The molecule has 0 saturated carbocycles. The van der Waals surface area contributed by atoms with E-state index in [2.05, 4.69) is 20.3 Å². The minimum Gasteiger partial charge on any atom is -0.466 e. The van der Waals surface area contributed by atoms with Gasteiger partial charge in [-0.1, -0.05) is 0 Å². The van der Waals surface area contributed by atoms with Crippen LogP contribution in [-0.4, -0.2) is 20.9 Å². The van der Waals surface area contributed by atoms with E-state index in [4.69, 9.17) is 9.15 Å². The lowest BCUT2D eigenvalue weighted by atomic mass is 10.2. The molecule has 4 rings (SSSR count). The number of nitrogens with one attached hydrogen (secondary N) is 1. The third-order valence-electron chi connectivity index (χ3n) is 3.91. The van der Waals surface area contributed by atoms with E-state index < -0.39 is 0 Å². The van der Waals surface area contributed by atoms with Gasteiger partial charge < -0.3 is 9.15 Å². The molecule has 0 unspecified atom stereocenters. The van der Waals surface area contributed by atoms with Crippen LogP contribution in [0.25, 0.3) is 11.3 Å². The molecule has 4 heterocycles. The summed E-state index contributed by atoms with van der Waals surface area (Å²) in [5.41, 5.74) is 1.97. The highest BCUT2D eigenvalue weighted by Crippen LogP contribution is 2.30. The molecule has 1 amide bonds. The Labute approximate surface area is 165 Å². The van der Waals surface area contributed by atoms with E-state index in [1.165, 1.54) is 11.3 Å². The largest absolute Gasteiger partial charge is 0.466 e. The maximum absolute atomic E-state index is 12.7. The molecule has 0 aromatic carbocycles. The number of hydrogen-bond acceptors (Lipinski definition) is 7. The predicted molar refractivity (Wildman–Crippen MR) is 106 cm³/mol. The lowest BCUT2D eigenvalue weighted by Crippen LogP contribution is -2.13. The molecule has 0 saturated heterocycles. The van der Waals surface area contributed by atoms with Crippen LogP contribution in [-0.2, 0) is 0 Å². The number of furan rings is 1. The lowest BCUT2D eigenvalue weighted by Gasteiger charge is -2.08. The molecule has 4 aromatic heterocycles. The van der Waals surface area contributed by atoms with Gasteiger partial charge in [0.2, 0.25) is 5.88 Å². The van der Waals surface area contributed by atoms with Gasteiger partial charge >= 0.3 is 0 Å². The fourth-order valence-corrected chi connectivity index (χ4v) is 3.37. The number of hydrogen-bond donors (Lipinski definition) is 1. The minimum absolute atomic E-state index is 0.200. The highest BCUT2D eigenvalue weighted by atomic mass is 32.1. The van der Waals surface area contributed by atoms with E-state index >= 15 is 0 Å². The molecule has 0 aliphatic rings. The summed E-state index contributed by atoms with van der Waals surface area (Å²) in [6.45, 7) is 3.77. The molecule has 28 heavy (non-hydrogen) atoms. The second kappa shape index (κ2) is 7.61. The SMILES string of the molecule is Cc1cc(-c2csc(NC(=O)c3cccnc3Oc3cccnc3)n2)c(C)o1. The zero-order chi connectivity index (χ0) is 19.5. The van der Waals surface area contributed by atoms with Crippen molar-refractivity contribution in [2.24, 2.45) is 0 Å². The van der Waals surface area contributed by atoms with E-state index in [0.717, 1.165) is 22.8 Å². The van der Waals surface area contributed by atoms with Crippen molar-refractivity contribution in [2.75, 3.05) is 5.32 Å². The first kappa shape index (κ1) is 17.9. The average Bonchev–Trinajstić information content (AvgIpc) is 3.28. The Kier molecular flexibility index (Phi) is 4.86. The van der Waals surface area contributed by atoms with Crippen LogP contribution in [0, 0.1) is 13.8 Å². The molecule has 4 aromatic rings. The number of aryl methyl sites for hydroxylation is 2. The topological polar surface area (TPSA) is 90.1 Å². The third kappa shape index (κ3) is 3.77. The molecule has 0 atom stereocenters. The summed E-state index contributed by atoms with van der Waals surface area (Å²) >= 11 is 1.34. The first-order chi connectivity index (χ1) is 13.6. The zero-order valence-corrected chi connectivity index (χ0v) is 16.0. The first-order valence-corrected chi connectivity index (χ1v) is 9.35. The zero-order valence-electron chi connectivity index (χ0n) is 15.2. The number of carbonyl (C=O) groups excluding carboxylic acids is 1. The summed E-state index contributed by atoms with van der Waals surface area (Å²) in [6, 6.07) is 8.74. The summed E-state index contributed by atoms with van der Waals surface area (Å²) < 4.78 is 11.2. The van der Waals surface area contributed by atoms with Crippen LogP contribution in [0.15, 0.2) is 58.7 Å². The Balaban J connectivity index is 1.54. The van der Waals surface area contributed by atoms with Crippen LogP contribution in [0.1, 0.15) is 21.9 Å². The third-order valence-corrected chi connectivity index (χ3v) is 4.66. The molecule has 7 nitrogen and oxygen atoms in total. The molecule has 1 N–H and O–H groups in total. The molecule has 0 fully saturated rings. The number of aromatic nitrogens is 3.